The molecule has 7 rings (SSSR count). The number of nitrogens with zero attached hydrogens (tertiary/aromatic N) is 5. The summed E-state index contributed by atoms with van der Waals surface area (Å²) in [6.07, 6.45) is 11.1. The van der Waals surface area contributed by atoms with Gasteiger partial charge in [-0.25, -0.2) is 14.2 Å². The number of benzene rings is 1. The molecule has 1 aliphatic heterocycles. The van der Waals surface area contributed by atoms with E-state index in [1.165, 1.54) is 31.4 Å². The topological polar surface area (TPSA) is 79.9 Å². The predicted molar refractivity (Wildman–Crippen MR) is 154 cm³/mol. The summed E-state index contributed by atoms with van der Waals surface area (Å²) in [5.41, 5.74) is 3.88. The van der Waals surface area contributed by atoms with Crippen LogP contribution in [-0.4, -0.2) is 61.5 Å². The number of urea groups is 1. The zero-order chi connectivity index (χ0) is 28.2. The van der Waals surface area contributed by atoms with E-state index >= 15 is 4.39 Å². The number of Topliss-reactive ketones (excluding diaryl/α,β-unsaturated/α-hetero) is 2. The van der Waals surface area contributed by atoms with Gasteiger partial charge in [0, 0.05) is 62.1 Å². The summed E-state index contributed by atoms with van der Waals surface area (Å²) >= 11 is 0. The van der Waals surface area contributed by atoms with Crippen LogP contribution < -0.4 is 0 Å². The number of carbonyl (C=O) groups excluding carboxylic acids is 3. The molecule has 4 aromatic rings. The van der Waals surface area contributed by atoms with E-state index in [0.717, 1.165) is 24.9 Å². The third kappa shape index (κ3) is 4.34. The first-order chi connectivity index (χ1) is 19.9. The normalized spacial score (nSPS) is 18.1. The number of allylic oxidation sites excluding steroid dienone is 2. The molecule has 1 aromatic carbocycles. The zero-order valence-corrected chi connectivity index (χ0v) is 23.1. The quantitative estimate of drug-likeness (QED) is 0.320. The Morgan fingerprint density at radius 1 is 1.07 bits per heavy atom. The summed E-state index contributed by atoms with van der Waals surface area (Å²) in [5.74, 6) is -0.453. The molecule has 0 saturated heterocycles. The largest absolute Gasteiger partial charge is 0.345 e. The summed E-state index contributed by atoms with van der Waals surface area (Å²) in [6, 6.07) is 8.42. The highest BCUT2D eigenvalue weighted by Crippen LogP contribution is 2.41. The predicted octanol–water partition coefficient (Wildman–Crippen LogP) is 5.33. The minimum absolute atomic E-state index is 0.0480. The minimum Gasteiger partial charge on any atom is -0.345 e. The minimum atomic E-state index is -0.440. The van der Waals surface area contributed by atoms with Crippen LogP contribution in [0.4, 0.5) is 9.18 Å². The van der Waals surface area contributed by atoms with Gasteiger partial charge in [0.1, 0.15) is 11.5 Å². The smallest absolute Gasteiger partial charge is 0.320 e. The standard InChI is InChI=1S/C32H32FN5O3/c1-35(17-20-7-3-2-4-8-20)32(41)37-12-11-36-19-24(23-14-22(33)13-21(18-37)31(23)36)29-26(39)15-27(40)30(29)25-16-34-28-9-5-6-10-38(25)28/h5-6,9-10,13-14,16,19-20H,2-4,7-8,11-12,15,17-18H2,1H3. The summed E-state index contributed by atoms with van der Waals surface area (Å²) in [4.78, 5) is 48.0. The van der Waals surface area contributed by atoms with Gasteiger partial charge in [0.15, 0.2) is 11.6 Å². The van der Waals surface area contributed by atoms with Crippen molar-refractivity contribution in [2.24, 2.45) is 5.92 Å². The molecular formula is C32H32FN5O3. The van der Waals surface area contributed by atoms with E-state index in [-0.39, 0.29) is 30.6 Å². The van der Waals surface area contributed by atoms with Gasteiger partial charge in [-0.15, -0.1) is 0 Å². The van der Waals surface area contributed by atoms with Gasteiger partial charge in [-0.3, -0.25) is 14.0 Å². The van der Waals surface area contributed by atoms with Gasteiger partial charge in [-0.1, -0.05) is 25.3 Å². The lowest BCUT2D eigenvalue weighted by Gasteiger charge is -2.31. The number of pyridine rings is 1. The highest BCUT2D eigenvalue weighted by atomic mass is 19.1. The number of imidazole rings is 1. The molecule has 1 fully saturated rings. The van der Waals surface area contributed by atoms with Crippen LogP contribution in [0.1, 0.15) is 55.3 Å². The third-order valence-electron chi connectivity index (χ3n) is 8.91. The zero-order valence-electron chi connectivity index (χ0n) is 23.1. The second kappa shape index (κ2) is 9.98. The fourth-order valence-electron chi connectivity index (χ4n) is 7.01. The molecule has 0 bridgehead atoms. The van der Waals surface area contributed by atoms with Gasteiger partial charge in [0.2, 0.25) is 0 Å². The maximum absolute atomic E-state index is 15.2. The maximum atomic E-state index is 15.2. The highest BCUT2D eigenvalue weighted by molar-refractivity contribution is 6.51. The van der Waals surface area contributed by atoms with Crippen molar-refractivity contribution < 1.29 is 18.8 Å². The Balaban J connectivity index is 1.28. The van der Waals surface area contributed by atoms with E-state index in [2.05, 4.69) is 4.98 Å². The number of fused-ring (bicyclic) bond motifs is 1. The first-order valence-corrected chi connectivity index (χ1v) is 14.4. The first-order valence-electron chi connectivity index (χ1n) is 14.4. The Bertz CT molecular complexity index is 1760. The lowest BCUT2D eigenvalue weighted by Crippen LogP contribution is -2.43. The molecule has 210 valence electrons. The van der Waals surface area contributed by atoms with E-state index in [1.807, 2.05) is 47.1 Å². The van der Waals surface area contributed by atoms with E-state index in [1.54, 1.807) is 15.5 Å². The molecule has 0 radical (unpaired) electrons. The van der Waals surface area contributed by atoms with Crippen molar-refractivity contribution in [1.29, 1.82) is 0 Å². The maximum Gasteiger partial charge on any atom is 0.320 e. The highest BCUT2D eigenvalue weighted by Gasteiger charge is 2.36. The van der Waals surface area contributed by atoms with Crippen molar-refractivity contribution in [3.63, 3.8) is 0 Å². The van der Waals surface area contributed by atoms with Crippen LogP contribution in [0.2, 0.25) is 0 Å². The monoisotopic (exact) mass is 553 g/mol. The van der Waals surface area contributed by atoms with Crippen molar-refractivity contribution in [2.75, 3.05) is 20.1 Å². The van der Waals surface area contributed by atoms with E-state index in [0.29, 0.717) is 58.0 Å². The number of ketones is 2. The molecule has 3 aromatic heterocycles. The van der Waals surface area contributed by atoms with E-state index in [4.69, 9.17) is 0 Å². The van der Waals surface area contributed by atoms with Crippen LogP contribution in [-0.2, 0) is 22.7 Å². The lowest BCUT2D eigenvalue weighted by atomic mass is 9.89. The van der Waals surface area contributed by atoms with Crippen LogP contribution in [0.5, 0.6) is 0 Å². The molecule has 8 nitrogen and oxygen atoms in total. The summed E-state index contributed by atoms with van der Waals surface area (Å²) in [6.45, 7) is 1.97. The fraction of sp³-hybridized carbons (Fsp3) is 0.375. The van der Waals surface area contributed by atoms with Crippen LogP contribution in [0.3, 0.4) is 0 Å². The fourth-order valence-corrected chi connectivity index (χ4v) is 7.01. The lowest BCUT2D eigenvalue weighted by molar-refractivity contribution is -0.119. The second-order valence-corrected chi connectivity index (χ2v) is 11.6. The molecule has 4 heterocycles. The summed E-state index contributed by atoms with van der Waals surface area (Å²) in [5, 5.41) is 0.578. The van der Waals surface area contributed by atoms with Gasteiger partial charge in [-0.05, 0) is 48.6 Å². The molecule has 0 N–H and O–H groups in total. The van der Waals surface area contributed by atoms with Gasteiger partial charge in [0.25, 0.3) is 0 Å². The molecule has 2 amide bonds. The molecule has 3 aliphatic rings. The van der Waals surface area contributed by atoms with Gasteiger partial charge >= 0.3 is 6.03 Å². The average Bonchev–Trinajstić information content (AvgIpc) is 3.59. The van der Waals surface area contributed by atoms with Crippen molar-refractivity contribution >= 4 is 45.3 Å². The van der Waals surface area contributed by atoms with Crippen LogP contribution in [0.25, 0.3) is 27.7 Å². The Morgan fingerprint density at radius 2 is 1.88 bits per heavy atom. The van der Waals surface area contributed by atoms with Gasteiger partial charge in [-0.2, -0.15) is 0 Å². The van der Waals surface area contributed by atoms with E-state index < -0.39 is 5.82 Å². The van der Waals surface area contributed by atoms with Gasteiger partial charge in [0.05, 0.1) is 29.4 Å². The third-order valence-corrected chi connectivity index (χ3v) is 8.91. The summed E-state index contributed by atoms with van der Waals surface area (Å²) in [7, 11) is 1.86. The van der Waals surface area contributed by atoms with Crippen molar-refractivity contribution in [3.05, 3.63) is 71.6 Å². The van der Waals surface area contributed by atoms with Crippen molar-refractivity contribution in [2.45, 2.75) is 51.6 Å². The average molecular weight is 554 g/mol. The molecule has 0 atom stereocenters. The number of amides is 2. The summed E-state index contributed by atoms with van der Waals surface area (Å²) < 4.78 is 19.0. The van der Waals surface area contributed by atoms with E-state index in [9.17, 15) is 14.4 Å². The van der Waals surface area contributed by atoms with Crippen LogP contribution in [0.15, 0.2) is 48.9 Å². The molecule has 2 aliphatic carbocycles. The number of carbonyl (C=O) groups is 3. The number of rotatable bonds is 4. The molecule has 41 heavy (non-hydrogen) atoms. The van der Waals surface area contributed by atoms with Crippen molar-refractivity contribution in [1.82, 2.24) is 23.8 Å². The van der Waals surface area contributed by atoms with Crippen LogP contribution >= 0.6 is 0 Å². The molecular weight excluding hydrogens is 521 g/mol. The Hall–Kier alpha value is -4.27. The Morgan fingerprint density at radius 3 is 2.71 bits per heavy atom. The Labute approximate surface area is 237 Å². The van der Waals surface area contributed by atoms with Crippen LogP contribution in [0, 0.1) is 11.7 Å². The number of halogens is 1. The van der Waals surface area contributed by atoms with Gasteiger partial charge < -0.3 is 14.4 Å². The number of aromatic nitrogens is 3. The number of hydrogen-bond donors (Lipinski definition) is 0. The van der Waals surface area contributed by atoms with Crippen molar-refractivity contribution in [3.8, 4) is 0 Å². The SMILES string of the molecule is CN(CC1CCCCC1)C(=O)N1CCn2cc(C3=C(c4cnc5ccccn45)C(=O)CC3=O)c3cc(F)cc(c32)C1. The number of hydrogen-bond acceptors (Lipinski definition) is 4. The molecule has 9 heteroatoms. The molecule has 1 saturated carbocycles. The Kier molecular flexibility index (Phi) is 6.25. The molecule has 0 spiro atoms. The second-order valence-electron chi connectivity index (χ2n) is 11.6. The first kappa shape index (κ1) is 25.7. The molecule has 0 unspecified atom stereocenters.